The molecule has 3 aromatic rings. The molecule has 148 valence electrons. The molecular formula is C22H20FN3O3. The summed E-state index contributed by atoms with van der Waals surface area (Å²) in [5, 5.41) is 3.23. The van der Waals surface area contributed by atoms with Crippen LogP contribution in [0.15, 0.2) is 48.5 Å². The molecule has 0 bridgehead atoms. The lowest BCUT2D eigenvalue weighted by molar-refractivity contribution is -0.119. The van der Waals surface area contributed by atoms with E-state index in [4.69, 9.17) is 9.72 Å². The lowest BCUT2D eigenvalue weighted by Crippen LogP contribution is -2.30. The predicted molar refractivity (Wildman–Crippen MR) is 107 cm³/mol. The number of ether oxygens (including phenoxy) is 1. The Balaban J connectivity index is 1.56. The van der Waals surface area contributed by atoms with Gasteiger partial charge in [0.1, 0.15) is 5.82 Å². The normalized spacial score (nSPS) is 13.7. The first-order valence-corrected chi connectivity index (χ1v) is 9.33. The molecule has 0 spiro atoms. The van der Waals surface area contributed by atoms with Crippen molar-refractivity contribution in [3.05, 3.63) is 71.2 Å². The molecule has 2 aromatic carbocycles. The highest BCUT2D eigenvalue weighted by Gasteiger charge is 2.25. The molecule has 0 aliphatic carbocycles. The van der Waals surface area contributed by atoms with Crippen molar-refractivity contribution in [3.8, 4) is 0 Å². The van der Waals surface area contributed by atoms with Gasteiger partial charge in [-0.15, -0.1) is 0 Å². The average molecular weight is 393 g/mol. The maximum absolute atomic E-state index is 13.2. The van der Waals surface area contributed by atoms with E-state index in [0.29, 0.717) is 23.2 Å². The Morgan fingerprint density at radius 2 is 2.03 bits per heavy atom. The summed E-state index contributed by atoms with van der Waals surface area (Å²) in [6, 6.07) is 12.9. The van der Waals surface area contributed by atoms with Crippen molar-refractivity contribution in [2.24, 2.45) is 0 Å². The molecule has 0 fully saturated rings. The number of carbonyl (C=O) groups excluding carboxylic acids is 2. The smallest absolute Gasteiger partial charge is 0.339 e. The van der Waals surface area contributed by atoms with Crippen LogP contribution in [0.2, 0.25) is 0 Å². The van der Waals surface area contributed by atoms with Gasteiger partial charge in [-0.1, -0.05) is 24.3 Å². The second kappa shape index (κ2) is 7.97. The van der Waals surface area contributed by atoms with E-state index in [-0.39, 0.29) is 0 Å². The number of hydrogen-bond acceptors (Lipinski definition) is 5. The number of carbonyl (C=O) groups is 2. The first kappa shape index (κ1) is 19.0. The van der Waals surface area contributed by atoms with E-state index in [1.165, 1.54) is 18.2 Å². The second-order valence-corrected chi connectivity index (χ2v) is 7.05. The number of esters is 1. The predicted octanol–water partition coefficient (Wildman–Crippen LogP) is 3.16. The maximum Gasteiger partial charge on any atom is 0.339 e. The largest absolute Gasteiger partial charge is 0.452 e. The third-order valence-electron chi connectivity index (χ3n) is 4.88. The molecule has 0 unspecified atom stereocenters. The molecular weight excluding hydrogens is 373 g/mol. The van der Waals surface area contributed by atoms with Gasteiger partial charge < -0.3 is 15.0 Å². The standard InChI is InChI=1S/C22H20FN3O3/c1-26-10-9-19-17(12-26)21(16-7-2-3-8-18(16)25-19)22(28)29-13-20(27)24-15-6-4-5-14(23)11-15/h2-8,11H,9-10,12-13H2,1H3,(H,24,27). The van der Waals surface area contributed by atoms with E-state index < -0.39 is 24.3 Å². The highest BCUT2D eigenvalue weighted by molar-refractivity contribution is 6.06. The van der Waals surface area contributed by atoms with Gasteiger partial charge in [0, 0.05) is 41.8 Å². The molecule has 1 aliphatic heterocycles. The lowest BCUT2D eigenvalue weighted by atomic mass is 9.96. The van der Waals surface area contributed by atoms with Gasteiger partial charge in [-0.2, -0.15) is 0 Å². The van der Waals surface area contributed by atoms with Gasteiger partial charge in [0.2, 0.25) is 0 Å². The average Bonchev–Trinajstić information content (AvgIpc) is 2.70. The van der Waals surface area contributed by atoms with Gasteiger partial charge in [-0.3, -0.25) is 9.78 Å². The van der Waals surface area contributed by atoms with Gasteiger partial charge in [0.05, 0.1) is 11.1 Å². The van der Waals surface area contributed by atoms with Crippen molar-refractivity contribution in [3.63, 3.8) is 0 Å². The van der Waals surface area contributed by atoms with E-state index in [1.807, 2.05) is 31.3 Å². The highest BCUT2D eigenvalue weighted by atomic mass is 19.1. The van der Waals surface area contributed by atoms with Crippen LogP contribution in [-0.2, 0) is 22.5 Å². The molecule has 1 aromatic heterocycles. The van der Waals surface area contributed by atoms with E-state index >= 15 is 0 Å². The van der Waals surface area contributed by atoms with E-state index in [2.05, 4.69) is 10.2 Å². The molecule has 6 nitrogen and oxygen atoms in total. The summed E-state index contributed by atoms with van der Waals surface area (Å²) in [6.07, 6.45) is 0.747. The zero-order chi connectivity index (χ0) is 20.4. The number of nitrogens with one attached hydrogen (secondary N) is 1. The van der Waals surface area contributed by atoms with Crippen molar-refractivity contribution in [2.45, 2.75) is 13.0 Å². The van der Waals surface area contributed by atoms with Crippen molar-refractivity contribution < 1.29 is 18.7 Å². The van der Waals surface area contributed by atoms with Crippen LogP contribution < -0.4 is 5.32 Å². The first-order valence-electron chi connectivity index (χ1n) is 9.33. The Kier molecular flexibility index (Phi) is 5.22. The number of hydrogen-bond donors (Lipinski definition) is 1. The summed E-state index contributed by atoms with van der Waals surface area (Å²) in [6.45, 7) is 0.993. The lowest BCUT2D eigenvalue weighted by Gasteiger charge is -2.26. The number of para-hydroxylation sites is 1. The third kappa shape index (κ3) is 4.09. The van der Waals surface area contributed by atoms with Crippen LogP contribution in [0.4, 0.5) is 10.1 Å². The van der Waals surface area contributed by atoms with E-state index in [9.17, 15) is 14.0 Å². The fourth-order valence-corrected chi connectivity index (χ4v) is 3.52. The molecule has 0 saturated carbocycles. The molecule has 7 heteroatoms. The van der Waals surface area contributed by atoms with Crippen LogP contribution in [0.3, 0.4) is 0 Å². The van der Waals surface area contributed by atoms with Gasteiger partial charge >= 0.3 is 5.97 Å². The van der Waals surface area contributed by atoms with Gasteiger partial charge in [-0.05, 0) is 31.3 Å². The Hall–Kier alpha value is -3.32. The fraction of sp³-hybridized carbons (Fsp3) is 0.227. The molecule has 1 aliphatic rings. The summed E-state index contributed by atoms with van der Waals surface area (Å²) >= 11 is 0. The number of benzene rings is 2. The number of halogens is 1. The van der Waals surface area contributed by atoms with E-state index in [1.54, 1.807) is 6.07 Å². The van der Waals surface area contributed by atoms with Crippen molar-refractivity contribution in [1.82, 2.24) is 9.88 Å². The zero-order valence-corrected chi connectivity index (χ0v) is 15.9. The van der Waals surface area contributed by atoms with Crippen LogP contribution in [-0.4, -0.2) is 42.0 Å². The summed E-state index contributed by atoms with van der Waals surface area (Å²) in [5.74, 6) is -1.56. The molecule has 0 radical (unpaired) electrons. The van der Waals surface area contributed by atoms with Crippen LogP contribution in [0.1, 0.15) is 21.6 Å². The second-order valence-electron chi connectivity index (χ2n) is 7.05. The Morgan fingerprint density at radius 1 is 1.21 bits per heavy atom. The number of fused-ring (bicyclic) bond motifs is 2. The van der Waals surface area contributed by atoms with Gasteiger partial charge in [-0.25, -0.2) is 9.18 Å². The van der Waals surface area contributed by atoms with Crippen LogP contribution in [0.25, 0.3) is 10.9 Å². The first-order chi connectivity index (χ1) is 14.0. The summed E-state index contributed by atoms with van der Waals surface area (Å²) in [7, 11) is 1.99. The maximum atomic E-state index is 13.2. The van der Waals surface area contributed by atoms with E-state index in [0.717, 1.165) is 29.7 Å². The number of amides is 1. The zero-order valence-electron chi connectivity index (χ0n) is 15.9. The van der Waals surface area contributed by atoms with Crippen LogP contribution in [0.5, 0.6) is 0 Å². The summed E-state index contributed by atoms with van der Waals surface area (Å²) < 4.78 is 18.6. The van der Waals surface area contributed by atoms with Crippen molar-refractivity contribution >= 4 is 28.5 Å². The van der Waals surface area contributed by atoms with Crippen LogP contribution >= 0.6 is 0 Å². The minimum Gasteiger partial charge on any atom is -0.452 e. The van der Waals surface area contributed by atoms with Crippen molar-refractivity contribution in [2.75, 3.05) is 25.5 Å². The summed E-state index contributed by atoms with van der Waals surface area (Å²) in [4.78, 5) is 31.9. The molecule has 0 saturated heterocycles. The topological polar surface area (TPSA) is 71.5 Å². The Morgan fingerprint density at radius 3 is 2.86 bits per heavy atom. The minimum atomic E-state index is -0.565. The minimum absolute atomic E-state index is 0.305. The highest BCUT2D eigenvalue weighted by Crippen LogP contribution is 2.28. The number of rotatable bonds is 4. The Bertz CT molecular complexity index is 1100. The SMILES string of the molecule is CN1CCc2nc3ccccc3c(C(=O)OCC(=O)Nc3cccc(F)c3)c2C1. The molecule has 1 amide bonds. The number of nitrogens with zero attached hydrogens (tertiary/aromatic N) is 2. The molecule has 4 rings (SSSR count). The number of pyridine rings is 1. The molecule has 2 heterocycles. The quantitative estimate of drug-likeness (QED) is 0.690. The number of anilines is 1. The summed E-state index contributed by atoms with van der Waals surface area (Å²) in [5.41, 5.74) is 3.22. The number of likely N-dealkylation sites (N-methyl/N-ethyl adjacent to an activating group) is 1. The fourth-order valence-electron chi connectivity index (χ4n) is 3.52. The molecule has 1 N–H and O–H groups in total. The monoisotopic (exact) mass is 393 g/mol. The van der Waals surface area contributed by atoms with Gasteiger partial charge in [0.25, 0.3) is 5.91 Å². The van der Waals surface area contributed by atoms with Gasteiger partial charge in [0.15, 0.2) is 6.61 Å². The van der Waals surface area contributed by atoms with Crippen LogP contribution in [0, 0.1) is 5.82 Å². The number of aromatic nitrogens is 1. The third-order valence-corrected chi connectivity index (χ3v) is 4.88. The van der Waals surface area contributed by atoms with Crippen molar-refractivity contribution in [1.29, 1.82) is 0 Å². The molecule has 0 atom stereocenters. The Labute approximate surface area is 167 Å². The molecule has 29 heavy (non-hydrogen) atoms.